The van der Waals surface area contributed by atoms with Crippen LogP contribution in [0.25, 0.3) is 11.0 Å². The van der Waals surface area contributed by atoms with Crippen LogP contribution < -0.4 is 10.4 Å². The summed E-state index contributed by atoms with van der Waals surface area (Å²) in [6.45, 7) is 2.01. The first-order valence-corrected chi connectivity index (χ1v) is 8.17. The van der Waals surface area contributed by atoms with Crippen molar-refractivity contribution in [2.24, 2.45) is 0 Å². The van der Waals surface area contributed by atoms with Crippen molar-refractivity contribution in [2.75, 3.05) is 20.3 Å². The third-order valence-electron chi connectivity index (χ3n) is 4.61. The van der Waals surface area contributed by atoms with E-state index in [0.29, 0.717) is 17.4 Å². The van der Waals surface area contributed by atoms with Crippen molar-refractivity contribution >= 4 is 11.0 Å². The van der Waals surface area contributed by atoms with Gasteiger partial charge in [0.05, 0.1) is 7.11 Å². The molecule has 1 unspecified atom stereocenters. The van der Waals surface area contributed by atoms with Crippen molar-refractivity contribution in [3.05, 3.63) is 40.2 Å². The molecule has 1 aromatic carbocycles. The Morgan fingerprint density at radius 1 is 1.39 bits per heavy atom. The molecule has 2 aromatic rings. The van der Waals surface area contributed by atoms with Crippen LogP contribution in [-0.4, -0.2) is 36.3 Å². The molecule has 0 radical (unpaired) electrons. The van der Waals surface area contributed by atoms with E-state index in [1.54, 1.807) is 19.2 Å². The lowest BCUT2D eigenvalue weighted by atomic mass is 10.1. The van der Waals surface area contributed by atoms with Crippen LogP contribution in [0.15, 0.2) is 33.5 Å². The molecule has 0 amide bonds. The molecule has 124 valence electrons. The van der Waals surface area contributed by atoms with Gasteiger partial charge in [0.15, 0.2) is 0 Å². The highest BCUT2D eigenvalue weighted by Gasteiger charge is 2.24. The highest BCUT2D eigenvalue weighted by atomic mass is 16.5. The maximum absolute atomic E-state index is 11.9. The molecule has 0 spiro atoms. The Bertz CT molecular complexity index is 725. The second-order valence-corrected chi connectivity index (χ2v) is 6.09. The Balaban J connectivity index is 1.88. The Morgan fingerprint density at radius 2 is 2.26 bits per heavy atom. The van der Waals surface area contributed by atoms with Crippen molar-refractivity contribution in [3.8, 4) is 5.75 Å². The summed E-state index contributed by atoms with van der Waals surface area (Å²) in [6, 6.07) is 7.68. The van der Waals surface area contributed by atoms with Gasteiger partial charge in [-0.15, -0.1) is 0 Å². The summed E-state index contributed by atoms with van der Waals surface area (Å²) in [5.41, 5.74) is 1.24. The zero-order valence-corrected chi connectivity index (χ0v) is 13.5. The molecule has 1 saturated heterocycles. The van der Waals surface area contributed by atoms with Crippen LogP contribution in [0.2, 0.25) is 0 Å². The highest BCUT2D eigenvalue weighted by Crippen LogP contribution is 2.27. The summed E-state index contributed by atoms with van der Waals surface area (Å²) in [5, 5.41) is 10.0. The van der Waals surface area contributed by atoms with E-state index in [4.69, 9.17) is 14.3 Å². The number of benzene rings is 1. The maximum atomic E-state index is 11.9. The van der Waals surface area contributed by atoms with E-state index in [9.17, 15) is 4.79 Å². The van der Waals surface area contributed by atoms with E-state index in [1.165, 1.54) is 6.42 Å². The molecule has 5 nitrogen and oxygen atoms in total. The number of aliphatic hydroxyl groups excluding tert-OH is 1. The molecule has 1 atom stereocenters. The fourth-order valence-corrected chi connectivity index (χ4v) is 3.44. The quantitative estimate of drug-likeness (QED) is 0.830. The number of nitrogens with zero attached hydrogens (tertiary/aromatic N) is 1. The van der Waals surface area contributed by atoms with Gasteiger partial charge in [-0.05, 0) is 49.9 Å². The number of fused-ring (bicyclic) bond motifs is 1. The zero-order valence-electron chi connectivity index (χ0n) is 13.5. The normalized spacial score (nSPS) is 18.6. The first-order valence-electron chi connectivity index (χ1n) is 8.17. The molecule has 1 aliphatic heterocycles. The predicted molar refractivity (Wildman–Crippen MR) is 88.8 cm³/mol. The minimum absolute atomic E-state index is 0.238. The summed E-state index contributed by atoms with van der Waals surface area (Å²) in [7, 11) is 1.60. The van der Waals surface area contributed by atoms with E-state index in [0.717, 1.165) is 43.3 Å². The summed E-state index contributed by atoms with van der Waals surface area (Å²) in [5.74, 6) is 0.680. The molecular formula is C18H23NO4. The van der Waals surface area contributed by atoms with Crippen LogP contribution in [0.3, 0.4) is 0 Å². The number of hydrogen-bond donors (Lipinski definition) is 1. The van der Waals surface area contributed by atoms with E-state index >= 15 is 0 Å². The summed E-state index contributed by atoms with van der Waals surface area (Å²) >= 11 is 0. The Hall–Kier alpha value is -1.85. The summed E-state index contributed by atoms with van der Waals surface area (Å²) < 4.78 is 10.5. The van der Waals surface area contributed by atoms with Crippen LogP contribution in [-0.2, 0) is 6.54 Å². The van der Waals surface area contributed by atoms with Crippen molar-refractivity contribution < 1.29 is 14.3 Å². The third kappa shape index (κ3) is 3.57. The average molecular weight is 317 g/mol. The van der Waals surface area contributed by atoms with Crippen LogP contribution in [0.1, 0.15) is 31.2 Å². The van der Waals surface area contributed by atoms with Crippen LogP contribution in [0.5, 0.6) is 5.75 Å². The number of hydrogen-bond acceptors (Lipinski definition) is 5. The standard InChI is InChI=1S/C18H23NO4/c1-22-15-6-7-16-13(10-18(21)23-17(16)11-15)12-19-8-2-4-14(19)5-3-9-20/h6-7,10-11,14,20H,2-5,8-9,12H2,1H3. The molecule has 1 aromatic heterocycles. The lowest BCUT2D eigenvalue weighted by molar-refractivity contribution is 0.210. The van der Waals surface area contributed by atoms with Crippen molar-refractivity contribution in [1.82, 2.24) is 4.90 Å². The molecule has 0 bridgehead atoms. The van der Waals surface area contributed by atoms with Gasteiger partial charge >= 0.3 is 5.63 Å². The molecule has 1 aliphatic rings. The first-order chi connectivity index (χ1) is 11.2. The molecule has 2 heterocycles. The maximum Gasteiger partial charge on any atom is 0.336 e. The summed E-state index contributed by atoms with van der Waals surface area (Å²) in [4.78, 5) is 14.3. The number of aliphatic hydroxyl groups is 1. The third-order valence-corrected chi connectivity index (χ3v) is 4.61. The monoisotopic (exact) mass is 317 g/mol. The van der Waals surface area contributed by atoms with Gasteiger partial charge in [-0.25, -0.2) is 4.79 Å². The average Bonchev–Trinajstić information content (AvgIpc) is 2.99. The second-order valence-electron chi connectivity index (χ2n) is 6.09. The van der Waals surface area contributed by atoms with Crippen molar-refractivity contribution in [1.29, 1.82) is 0 Å². The van der Waals surface area contributed by atoms with Gasteiger partial charge in [-0.2, -0.15) is 0 Å². The topological polar surface area (TPSA) is 62.9 Å². The SMILES string of the molecule is COc1ccc2c(CN3CCCC3CCCO)cc(=O)oc2c1. The minimum Gasteiger partial charge on any atom is -0.497 e. The smallest absolute Gasteiger partial charge is 0.336 e. The lowest BCUT2D eigenvalue weighted by Gasteiger charge is -2.24. The largest absolute Gasteiger partial charge is 0.497 e. The van der Waals surface area contributed by atoms with Gasteiger partial charge in [0.2, 0.25) is 0 Å². The van der Waals surface area contributed by atoms with Crippen molar-refractivity contribution in [2.45, 2.75) is 38.3 Å². The first kappa shape index (κ1) is 16.0. The number of methoxy groups -OCH3 is 1. The fraction of sp³-hybridized carbons (Fsp3) is 0.500. The Kier molecular flexibility index (Phi) is 4.98. The van der Waals surface area contributed by atoms with Crippen molar-refractivity contribution in [3.63, 3.8) is 0 Å². The van der Waals surface area contributed by atoms with Gasteiger partial charge < -0.3 is 14.3 Å². The minimum atomic E-state index is -0.327. The van der Waals surface area contributed by atoms with Crippen LogP contribution in [0, 0.1) is 0 Å². The second kappa shape index (κ2) is 7.15. The fourth-order valence-electron chi connectivity index (χ4n) is 3.44. The van der Waals surface area contributed by atoms with Crippen LogP contribution >= 0.6 is 0 Å². The molecule has 0 saturated carbocycles. The molecule has 23 heavy (non-hydrogen) atoms. The number of likely N-dealkylation sites (tertiary alicyclic amines) is 1. The lowest BCUT2D eigenvalue weighted by Crippen LogP contribution is -2.29. The van der Waals surface area contributed by atoms with Gasteiger partial charge in [-0.1, -0.05) is 0 Å². The Labute approximate surface area is 135 Å². The van der Waals surface area contributed by atoms with E-state index in [2.05, 4.69) is 4.90 Å². The molecule has 3 rings (SSSR count). The molecule has 1 N–H and O–H groups in total. The summed E-state index contributed by atoms with van der Waals surface area (Å²) in [6.07, 6.45) is 4.16. The predicted octanol–water partition coefficient (Wildman–Crippen LogP) is 2.54. The number of rotatable bonds is 6. The van der Waals surface area contributed by atoms with E-state index in [-0.39, 0.29) is 12.2 Å². The van der Waals surface area contributed by atoms with Gasteiger partial charge in [0.1, 0.15) is 11.3 Å². The number of ether oxygens (including phenoxy) is 1. The highest BCUT2D eigenvalue weighted by molar-refractivity contribution is 5.81. The van der Waals surface area contributed by atoms with Crippen LogP contribution in [0.4, 0.5) is 0 Å². The molecule has 1 fully saturated rings. The van der Waals surface area contributed by atoms with Gasteiger partial charge in [0.25, 0.3) is 0 Å². The molecular weight excluding hydrogens is 294 g/mol. The van der Waals surface area contributed by atoms with Gasteiger partial charge in [0, 0.05) is 36.7 Å². The molecule has 0 aliphatic carbocycles. The van der Waals surface area contributed by atoms with Gasteiger partial charge in [-0.3, -0.25) is 4.90 Å². The zero-order chi connectivity index (χ0) is 16.2. The van der Waals surface area contributed by atoms with E-state index in [1.807, 2.05) is 12.1 Å². The molecule has 5 heteroatoms. The van der Waals surface area contributed by atoms with E-state index < -0.39 is 0 Å². The Morgan fingerprint density at radius 3 is 3.04 bits per heavy atom.